The third kappa shape index (κ3) is 4.82. The lowest BCUT2D eigenvalue weighted by Gasteiger charge is -2.12. The van der Waals surface area contributed by atoms with Crippen LogP contribution in [0.4, 0.5) is 11.4 Å². The molecule has 0 aliphatic rings. The smallest absolute Gasteiger partial charge is 0.360 e. The van der Waals surface area contributed by atoms with Crippen LogP contribution >= 0.6 is 0 Å². The highest BCUT2D eigenvalue weighted by Crippen LogP contribution is 2.23. The molecule has 2 amide bonds. The first-order valence-electron chi connectivity index (χ1n) is 9.95. The third-order valence-corrected chi connectivity index (χ3v) is 4.92. The van der Waals surface area contributed by atoms with Gasteiger partial charge in [-0.05, 0) is 42.0 Å². The maximum atomic E-state index is 12.9. The molecule has 2 heterocycles. The van der Waals surface area contributed by atoms with E-state index in [1.54, 1.807) is 54.6 Å². The minimum Gasteiger partial charge on any atom is -0.497 e. The van der Waals surface area contributed by atoms with Gasteiger partial charge < -0.3 is 25.5 Å². The highest BCUT2D eigenvalue weighted by atomic mass is 16.5. The van der Waals surface area contributed by atoms with Crippen LogP contribution in [0, 0.1) is 0 Å². The van der Waals surface area contributed by atoms with Crippen molar-refractivity contribution in [3.8, 4) is 5.75 Å². The van der Waals surface area contributed by atoms with Gasteiger partial charge in [-0.2, -0.15) is 0 Å². The molecule has 4 aromatic rings. The van der Waals surface area contributed by atoms with Crippen LogP contribution in [0.3, 0.4) is 0 Å². The molecule has 0 unspecified atom stereocenters. The predicted molar refractivity (Wildman–Crippen MR) is 124 cm³/mol. The maximum absolute atomic E-state index is 12.9. The van der Waals surface area contributed by atoms with Gasteiger partial charge in [0.2, 0.25) is 0 Å². The van der Waals surface area contributed by atoms with Crippen LogP contribution in [-0.4, -0.2) is 23.9 Å². The highest BCUT2D eigenvalue weighted by molar-refractivity contribution is 6.08. The summed E-state index contributed by atoms with van der Waals surface area (Å²) in [7, 11) is 1.52. The van der Waals surface area contributed by atoms with Crippen LogP contribution in [0.25, 0.3) is 11.0 Å². The number of carbonyl (C=O) groups is 2. The van der Waals surface area contributed by atoms with Crippen molar-refractivity contribution in [3.05, 3.63) is 94.1 Å². The first kappa shape index (κ1) is 21.6. The molecule has 0 radical (unpaired) electrons. The van der Waals surface area contributed by atoms with Gasteiger partial charge in [0.1, 0.15) is 22.7 Å². The summed E-state index contributed by atoms with van der Waals surface area (Å²) in [4.78, 5) is 40.5. The average Bonchev–Trinajstić information content (AvgIpc) is 2.83. The van der Waals surface area contributed by atoms with Gasteiger partial charge in [-0.25, -0.2) is 4.79 Å². The number of pyridine rings is 1. The van der Waals surface area contributed by atoms with E-state index in [2.05, 4.69) is 15.6 Å². The Morgan fingerprint density at radius 3 is 2.61 bits per heavy atom. The minimum absolute atomic E-state index is 0.0266. The Hall–Kier alpha value is -4.66. The molecule has 9 heteroatoms. The van der Waals surface area contributed by atoms with Crippen LogP contribution in [0.5, 0.6) is 5.75 Å². The molecule has 9 nitrogen and oxygen atoms in total. The van der Waals surface area contributed by atoms with Crippen molar-refractivity contribution < 1.29 is 18.7 Å². The van der Waals surface area contributed by atoms with E-state index in [0.717, 1.165) is 5.56 Å². The summed E-state index contributed by atoms with van der Waals surface area (Å²) in [6.45, 7) is 0.357. The predicted octanol–water partition coefficient (Wildman–Crippen LogP) is 3.16. The number of nitrogens with one attached hydrogen (secondary N) is 2. The van der Waals surface area contributed by atoms with E-state index in [1.807, 2.05) is 0 Å². The van der Waals surface area contributed by atoms with Crippen molar-refractivity contribution in [1.82, 2.24) is 4.98 Å². The molecule has 0 bridgehead atoms. The van der Waals surface area contributed by atoms with Crippen LogP contribution in [-0.2, 0) is 6.54 Å². The number of ether oxygens (including phenoxy) is 1. The zero-order chi connectivity index (χ0) is 23.4. The number of methoxy groups -OCH3 is 1. The Kier molecular flexibility index (Phi) is 6.03. The Labute approximate surface area is 188 Å². The molecule has 4 rings (SSSR count). The summed E-state index contributed by atoms with van der Waals surface area (Å²) >= 11 is 0. The average molecular weight is 444 g/mol. The first-order valence-corrected chi connectivity index (χ1v) is 9.95. The normalized spacial score (nSPS) is 10.6. The van der Waals surface area contributed by atoms with Gasteiger partial charge in [0.15, 0.2) is 0 Å². The Bertz CT molecular complexity index is 1400. The van der Waals surface area contributed by atoms with Crippen LogP contribution in [0.1, 0.15) is 26.4 Å². The molecule has 0 fully saturated rings. The summed E-state index contributed by atoms with van der Waals surface area (Å²) < 4.78 is 10.5. The number of fused-ring (bicyclic) bond motifs is 1. The molecular formula is C24H20N4O5. The molecule has 2 aromatic carbocycles. The topological polar surface area (TPSA) is 137 Å². The lowest BCUT2D eigenvalue weighted by Crippen LogP contribution is -2.19. The number of hydrogen-bond donors (Lipinski definition) is 3. The van der Waals surface area contributed by atoms with E-state index in [-0.39, 0.29) is 11.4 Å². The molecule has 4 N–H and O–H groups in total. The lowest BCUT2D eigenvalue weighted by atomic mass is 10.1. The fourth-order valence-electron chi connectivity index (χ4n) is 3.20. The Morgan fingerprint density at radius 1 is 1.06 bits per heavy atom. The second-order valence-corrected chi connectivity index (χ2v) is 7.12. The molecule has 166 valence electrons. The molecule has 0 saturated heterocycles. The molecule has 0 saturated carbocycles. The summed E-state index contributed by atoms with van der Waals surface area (Å²) in [6.07, 6.45) is 1.53. The number of aromatic nitrogens is 1. The summed E-state index contributed by atoms with van der Waals surface area (Å²) in [5.74, 6) is -0.517. The lowest BCUT2D eigenvalue weighted by molar-refractivity contribution is 0.0993. The Balaban J connectivity index is 1.53. The first-order chi connectivity index (χ1) is 15.9. The largest absolute Gasteiger partial charge is 0.497 e. The van der Waals surface area contributed by atoms with Crippen molar-refractivity contribution in [1.29, 1.82) is 0 Å². The van der Waals surface area contributed by atoms with E-state index in [4.69, 9.17) is 14.9 Å². The number of anilines is 2. The van der Waals surface area contributed by atoms with E-state index in [9.17, 15) is 14.4 Å². The zero-order valence-electron chi connectivity index (χ0n) is 17.6. The fraction of sp³-hybridized carbons (Fsp3) is 0.0833. The molecule has 0 aliphatic heterocycles. The number of amides is 2. The van der Waals surface area contributed by atoms with Gasteiger partial charge in [-0.3, -0.25) is 14.6 Å². The third-order valence-electron chi connectivity index (χ3n) is 4.92. The van der Waals surface area contributed by atoms with E-state index >= 15 is 0 Å². The summed E-state index contributed by atoms with van der Waals surface area (Å²) in [5.41, 5.74) is 6.78. The van der Waals surface area contributed by atoms with Gasteiger partial charge in [0, 0.05) is 29.9 Å². The van der Waals surface area contributed by atoms with Gasteiger partial charge in [0.25, 0.3) is 11.8 Å². The van der Waals surface area contributed by atoms with Gasteiger partial charge in [-0.15, -0.1) is 0 Å². The quantitative estimate of drug-likeness (QED) is 0.372. The van der Waals surface area contributed by atoms with E-state index in [1.165, 1.54) is 19.4 Å². The number of benzene rings is 2. The minimum atomic E-state index is -0.671. The second-order valence-electron chi connectivity index (χ2n) is 7.12. The van der Waals surface area contributed by atoms with Gasteiger partial charge in [0.05, 0.1) is 12.7 Å². The zero-order valence-corrected chi connectivity index (χ0v) is 17.6. The number of primary amides is 1. The number of nitrogens with two attached hydrogens (primary N) is 1. The van der Waals surface area contributed by atoms with Crippen molar-refractivity contribution in [2.45, 2.75) is 6.54 Å². The van der Waals surface area contributed by atoms with Crippen molar-refractivity contribution >= 4 is 34.2 Å². The van der Waals surface area contributed by atoms with E-state index in [0.29, 0.717) is 34.5 Å². The Morgan fingerprint density at radius 2 is 1.88 bits per heavy atom. The van der Waals surface area contributed by atoms with Gasteiger partial charge in [-0.1, -0.05) is 18.2 Å². The number of carbonyl (C=O) groups excluding carboxylic acids is 2. The molecule has 33 heavy (non-hydrogen) atoms. The van der Waals surface area contributed by atoms with Crippen molar-refractivity contribution in [3.63, 3.8) is 0 Å². The number of para-hydroxylation sites is 1. The SMILES string of the molecule is COc1ccc2cc(NC(=O)c3ccccc3NCc3ccc(C(N)=O)nc3)c(=O)oc2c1. The van der Waals surface area contributed by atoms with Crippen LogP contribution in [0.15, 0.2) is 76.1 Å². The van der Waals surface area contributed by atoms with Crippen molar-refractivity contribution in [2.24, 2.45) is 5.73 Å². The fourth-order valence-corrected chi connectivity index (χ4v) is 3.20. The maximum Gasteiger partial charge on any atom is 0.360 e. The number of hydrogen-bond acceptors (Lipinski definition) is 7. The monoisotopic (exact) mass is 444 g/mol. The molecule has 0 aliphatic carbocycles. The second kappa shape index (κ2) is 9.23. The number of rotatable bonds is 7. The standard InChI is InChI=1S/C24H20N4O5/c1-32-16-8-7-15-10-20(24(31)33-21(15)11-16)28-23(30)17-4-2-3-5-18(17)26-12-14-6-9-19(22(25)29)27-13-14/h2-11,13,26H,12H2,1H3,(H2,25,29)(H,28,30). The molecule has 2 aromatic heterocycles. The molecule has 0 atom stereocenters. The summed E-state index contributed by atoms with van der Waals surface area (Å²) in [5, 5.41) is 6.44. The number of nitrogens with zero attached hydrogens (tertiary/aromatic N) is 1. The molecular weight excluding hydrogens is 424 g/mol. The summed E-state index contributed by atoms with van der Waals surface area (Å²) in [6, 6.07) is 16.8. The van der Waals surface area contributed by atoms with Crippen LogP contribution in [0.2, 0.25) is 0 Å². The van der Waals surface area contributed by atoms with Crippen molar-refractivity contribution in [2.75, 3.05) is 17.7 Å². The van der Waals surface area contributed by atoms with Crippen LogP contribution < -0.4 is 26.7 Å². The van der Waals surface area contributed by atoms with E-state index < -0.39 is 17.4 Å². The van der Waals surface area contributed by atoms with Gasteiger partial charge >= 0.3 is 5.63 Å². The molecule has 0 spiro atoms. The highest BCUT2D eigenvalue weighted by Gasteiger charge is 2.15.